The van der Waals surface area contributed by atoms with Crippen LogP contribution in [0.25, 0.3) is 0 Å². The topological polar surface area (TPSA) is 75.7 Å². The summed E-state index contributed by atoms with van der Waals surface area (Å²) < 4.78 is 31.4. The van der Waals surface area contributed by atoms with E-state index in [1.54, 1.807) is 23.9 Å². The van der Waals surface area contributed by atoms with Crippen LogP contribution in [0.5, 0.6) is 5.75 Å². The highest BCUT2D eigenvalue weighted by atomic mass is 32.2. The number of sulfonamides is 1. The van der Waals surface area contributed by atoms with E-state index >= 15 is 0 Å². The zero-order chi connectivity index (χ0) is 22.3. The van der Waals surface area contributed by atoms with E-state index in [4.69, 9.17) is 4.74 Å². The Morgan fingerprint density at radius 2 is 1.61 bits per heavy atom. The van der Waals surface area contributed by atoms with Crippen molar-refractivity contribution in [1.29, 1.82) is 0 Å². The number of methoxy groups -OCH3 is 1. The Hall–Kier alpha value is -2.81. The average molecular weight is 457 g/mol. The lowest BCUT2D eigenvalue weighted by Gasteiger charge is -2.17. The molecule has 0 radical (unpaired) electrons. The van der Waals surface area contributed by atoms with Crippen LogP contribution >= 0.6 is 11.8 Å². The Labute approximate surface area is 187 Å². The Morgan fingerprint density at radius 3 is 2.23 bits per heavy atom. The maximum atomic E-state index is 12.7. The van der Waals surface area contributed by atoms with Gasteiger partial charge in [-0.2, -0.15) is 4.31 Å². The first kappa shape index (κ1) is 22.9. The monoisotopic (exact) mass is 456 g/mol. The van der Waals surface area contributed by atoms with Crippen LogP contribution in [-0.4, -0.2) is 39.3 Å². The number of nitrogens with zero attached hydrogens (tertiary/aromatic N) is 1. The van der Waals surface area contributed by atoms with Crippen molar-refractivity contribution in [2.45, 2.75) is 15.5 Å². The number of ether oxygens (including phenoxy) is 1. The highest BCUT2D eigenvalue weighted by Crippen LogP contribution is 2.23. The van der Waals surface area contributed by atoms with Gasteiger partial charge in [0.25, 0.3) is 0 Å². The van der Waals surface area contributed by atoms with Gasteiger partial charge in [-0.15, -0.1) is 11.8 Å². The largest absolute Gasteiger partial charge is 0.497 e. The van der Waals surface area contributed by atoms with E-state index < -0.39 is 15.9 Å². The van der Waals surface area contributed by atoms with Crippen LogP contribution in [-0.2, 0) is 20.6 Å². The molecular weight excluding hydrogens is 432 g/mol. The zero-order valence-electron chi connectivity index (χ0n) is 17.3. The van der Waals surface area contributed by atoms with Crippen molar-refractivity contribution in [2.75, 3.05) is 26.0 Å². The summed E-state index contributed by atoms with van der Waals surface area (Å²) >= 11 is 1.74. The molecule has 0 heterocycles. The van der Waals surface area contributed by atoms with Crippen LogP contribution in [0.1, 0.15) is 5.56 Å². The van der Waals surface area contributed by atoms with Gasteiger partial charge in [0.15, 0.2) is 0 Å². The van der Waals surface area contributed by atoms with Crippen LogP contribution in [0.2, 0.25) is 0 Å². The summed E-state index contributed by atoms with van der Waals surface area (Å²) in [5.74, 6) is 0.970. The number of likely N-dealkylation sites (N-methyl/N-ethyl adjacent to an activating group) is 1. The summed E-state index contributed by atoms with van der Waals surface area (Å²) in [6, 6.07) is 23.7. The number of thioether (sulfide) groups is 1. The molecule has 162 valence electrons. The van der Waals surface area contributed by atoms with Gasteiger partial charge in [-0.1, -0.05) is 30.3 Å². The molecule has 8 heteroatoms. The van der Waals surface area contributed by atoms with Crippen LogP contribution in [0, 0.1) is 0 Å². The van der Waals surface area contributed by atoms with E-state index in [0.29, 0.717) is 11.4 Å². The molecule has 6 nitrogen and oxygen atoms in total. The molecule has 0 aliphatic heterocycles. The van der Waals surface area contributed by atoms with Crippen LogP contribution < -0.4 is 10.1 Å². The summed E-state index contributed by atoms with van der Waals surface area (Å²) in [5.41, 5.74) is 1.75. The first-order valence-corrected chi connectivity index (χ1v) is 12.0. The minimum atomic E-state index is -3.78. The fourth-order valence-corrected chi connectivity index (χ4v) is 4.79. The van der Waals surface area contributed by atoms with Gasteiger partial charge in [-0.05, 0) is 54.1 Å². The number of amides is 1. The van der Waals surface area contributed by atoms with Crippen LogP contribution in [0.3, 0.4) is 0 Å². The third-order valence-electron chi connectivity index (χ3n) is 4.52. The first-order valence-electron chi connectivity index (χ1n) is 9.55. The molecule has 0 bridgehead atoms. The summed E-state index contributed by atoms with van der Waals surface area (Å²) in [5, 5.41) is 2.74. The minimum absolute atomic E-state index is 0.101. The van der Waals surface area contributed by atoms with Crippen molar-refractivity contribution < 1.29 is 17.9 Å². The Kier molecular flexibility index (Phi) is 7.73. The molecule has 0 aliphatic carbocycles. The third kappa shape index (κ3) is 6.33. The lowest BCUT2D eigenvalue weighted by atomic mass is 10.2. The highest BCUT2D eigenvalue weighted by Gasteiger charge is 2.23. The SMILES string of the molecule is COc1ccc(S(=O)(=O)N(C)CC(=O)Nc2ccc(CSc3ccccc3)cc2)cc1. The van der Waals surface area contributed by atoms with Gasteiger partial charge in [0.05, 0.1) is 18.6 Å². The molecule has 0 saturated heterocycles. The van der Waals surface area contributed by atoms with Crippen molar-refractivity contribution in [3.8, 4) is 5.75 Å². The molecule has 0 aliphatic rings. The number of hydrogen-bond acceptors (Lipinski definition) is 5. The van der Waals surface area contributed by atoms with Crippen LogP contribution in [0.15, 0.2) is 88.7 Å². The van der Waals surface area contributed by atoms with Crippen molar-refractivity contribution in [1.82, 2.24) is 4.31 Å². The molecule has 0 aromatic heterocycles. The van der Waals surface area contributed by atoms with Gasteiger partial charge in [0.1, 0.15) is 5.75 Å². The summed E-state index contributed by atoms with van der Waals surface area (Å²) in [7, 11) is -0.891. The van der Waals surface area contributed by atoms with Gasteiger partial charge >= 0.3 is 0 Å². The number of hydrogen-bond donors (Lipinski definition) is 1. The summed E-state index contributed by atoms with van der Waals surface area (Å²) in [4.78, 5) is 13.7. The van der Waals surface area contributed by atoms with Crippen LogP contribution in [0.4, 0.5) is 5.69 Å². The molecule has 0 atom stereocenters. The fourth-order valence-electron chi connectivity index (χ4n) is 2.78. The predicted molar refractivity (Wildman–Crippen MR) is 124 cm³/mol. The second-order valence-corrected chi connectivity index (χ2v) is 9.88. The molecule has 1 N–H and O–H groups in total. The first-order chi connectivity index (χ1) is 14.9. The standard InChI is InChI=1S/C23H24N2O4S2/c1-25(31(27,28)22-14-12-20(29-2)13-15-22)16-23(26)24-19-10-8-18(9-11-19)17-30-21-6-4-3-5-7-21/h3-15H,16-17H2,1-2H3,(H,24,26). The highest BCUT2D eigenvalue weighted by molar-refractivity contribution is 7.98. The Bertz CT molecular complexity index is 1100. The number of benzene rings is 3. The molecule has 3 rings (SSSR count). The second kappa shape index (κ2) is 10.5. The van der Waals surface area contributed by atoms with Gasteiger partial charge < -0.3 is 10.1 Å². The number of anilines is 1. The second-order valence-electron chi connectivity index (χ2n) is 6.78. The van der Waals surface area contributed by atoms with Crippen molar-refractivity contribution >= 4 is 33.4 Å². The number of nitrogens with one attached hydrogen (secondary N) is 1. The smallest absolute Gasteiger partial charge is 0.243 e. The number of rotatable bonds is 9. The summed E-state index contributed by atoms with van der Waals surface area (Å²) in [6.45, 7) is -0.292. The molecule has 3 aromatic carbocycles. The number of carbonyl (C=O) groups is 1. The number of carbonyl (C=O) groups excluding carboxylic acids is 1. The quantitative estimate of drug-likeness (QED) is 0.487. The molecule has 0 saturated carbocycles. The average Bonchev–Trinajstić information content (AvgIpc) is 2.79. The molecule has 1 amide bonds. The minimum Gasteiger partial charge on any atom is -0.497 e. The lowest BCUT2D eigenvalue weighted by molar-refractivity contribution is -0.116. The van der Waals surface area contributed by atoms with Crippen molar-refractivity contribution in [2.24, 2.45) is 0 Å². The van der Waals surface area contributed by atoms with E-state index in [1.165, 1.54) is 31.2 Å². The van der Waals surface area contributed by atoms with Gasteiger partial charge in [0, 0.05) is 23.4 Å². The van der Waals surface area contributed by atoms with Gasteiger partial charge in [-0.3, -0.25) is 4.79 Å². The van der Waals surface area contributed by atoms with Gasteiger partial charge in [-0.25, -0.2) is 8.42 Å². The normalized spacial score (nSPS) is 11.3. The molecule has 31 heavy (non-hydrogen) atoms. The Morgan fingerprint density at radius 1 is 0.968 bits per heavy atom. The molecule has 0 fully saturated rings. The third-order valence-corrected chi connectivity index (χ3v) is 7.42. The van der Waals surface area contributed by atoms with E-state index in [1.807, 2.05) is 42.5 Å². The van der Waals surface area contributed by atoms with E-state index in [0.717, 1.165) is 15.6 Å². The maximum absolute atomic E-state index is 12.7. The van der Waals surface area contributed by atoms with Crippen molar-refractivity contribution in [3.05, 3.63) is 84.4 Å². The van der Waals surface area contributed by atoms with E-state index in [-0.39, 0.29) is 11.4 Å². The van der Waals surface area contributed by atoms with Gasteiger partial charge in [0.2, 0.25) is 15.9 Å². The predicted octanol–water partition coefficient (Wildman–Crippen LogP) is 4.25. The van der Waals surface area contributed by atoms with E-state index in [9.17, 15) is 13.2 Å². The van der Waals surface area contributed by atoms with E-state index in [2.05, 4.69) is 17.4 Å². The maximum Gasteiger partial charge on any atom is 0.243 e. The molecule has 3 aromatic rings. The van der Waals surface area contributed by atoms with Crippen molar-refractivity contribution in [3.63, 3.8) is 0 Å². The lowest BCUT2D eigenvalue weighted by Crippen LogP contribution is -2.34. The molecule has 0 spiro atoms. The molecular formula is C23H24N2O4S2. The Balaban J connectivity index is 1.54. The zero-order valence-corrected chi connectivity index (χ0v) is 18.9. The molecule has 0 unspecified atom stereocenters. The fraction of sp³-hybridized carbons (Fsp3) is 0.174. The summed E-state index contributed by atoms with van der Waals surface area (Å²) in [6.07, 6.45) is 0.